The zero-order valence-corrected chi connectivity index (χ0v) is 24.2. The summed E-state index contributed by atoms with van der Waals surface area (Å²) >= 11 is 0. The highest BCUT2D eigenvalue weighted by Gasteiger charge is 2.55. The summed E-state index contributed by atoms with van der Waals surface area (Å²) in [5.41, 5.74) is 3.72. The number of hydrogen-bond acceptors (Lipinski definition) is 5. The van der Waals surface area contributed by atoms with Gasteiger partial charge in [-0.05, 0) is 58.2 Å². The van der Waals surface area contributed by atoms with Crippen LogP contribution in [0.5, 0.6) is 11.5 Å². The van der Waals surface area contributed by atoms with Crippen LogP contribution in [0.15, 0.2) is 78.9 Å². The van der Waals surface area contributed by atoms with Gasteiger partial charge in [-0.3, -0.25) is 9.69 Å². The van der Waals surface area contributed by atoms with Crippen LogP contribution in [-0.2, 0) is 23.2 Å². The van der Waals surface area contributed by atoms with Crippen molar-refractivity contribution < 1.29 is 14.3 Å². The highest BCUT2D eigenvalue weighted by molar-refractivity contribution is 5.81. The van der Waals surface area contributed by atoms with Crippen LogP contribution >= 0.6 is 0 Å². The van der Waals surface area contributed by atoms with Gasteiger partial charge in [0.05, 0.1) is 0 Å². The van der Waals surface area contributed by atoms with Crippen molar-refractivity contribution in [2.45, 2.75) is 51.3 Å². The van der Waals surface area contributed by atoms with Crippen molar-refractivity contribution in [3.63, 3.8) is 0 Å². The molecule has 1 amide bonds. The Morgan fingerprint density at radius 2 is 1.55 bits per heavy atom. The van der Waals surface area contributed by atoms with Crippen molar-refractivity contribution in [1.29, 1.82) is 0 Å². The molecule has 1 aliphatic heterocycles. The summed E-state index contributed by atoms with van der Waals surface area (Å²) < 4.78 is 12.1. The second-order valence-corrected chi connectivity index (χ2v) is 12.2. The Labute approximate surface area is 239 Å². The lowest BCUT2D eigenvalue weighted by Gasteiger charge is -2.21. The van der Waals surface area contributed by atoms with E-state index in [1.54, 1.807) is 7.05 Å². The molecule has 6 heteroatoms. The fourth-order valence-corrected chi connectivity index (χ4v) is 5.76. The highest BCUT2D eigenvalue weighted by Crippen LogP contribution is 2.45. The van der Waals surface area contributed by atoms with Gasteiger partial charge in [-0.15, -0.1) is 0 Å². The topological polar surface area (TPSA) is 62.8 Å². The lowest BCUT2D eigenvalue weighted by atomic mass is 9.87. The predicted molar refractivity (Wildman–Crippen MR) is 160 cm³/mol. The number of ether oxygens (including phenoxy) is 2. The normalized spacial score (nSPS) is 20.9. The lowest BCUT2D eigenvalue weighted by molar-refractivity contribution is -0.127. The fraction of sp³-hybridized carbons (Fsp3) is 0.441. The molecule has 0 aromatic heterocycles. The van der Waals surface area contributed by atoms with Gasteiger partial charge < -0.3 is 20.1 Å². The van der Waals surface area contributed by atoms with Crippen molar-refractivity contribution in [3.8, 4) is 11.5 Å². The Bertz CT molecular complexity index is 1230. The SMILES string of the molecule is CNC(=O)[C@H](Cc1ccc(OCCN[C@H]2C3CN(Cc4ccccc4)C[C@@H]32)cc1)Oc1ccc(C(C)(C)C)cc1. The molecule has 6 nitrogen and oxygen atoms in total. The summed E-state index contributed by atoms with van der Waals surface area (Å²) in [5.74, 6) is 2.94. The maximum absolute atomic E-state index is 12.6. The summed E-state index contributed by atoms with van der Waals surface area (Å²) in [5, 5.41) is 6.42. The molecule has 1 saturated heterocycles. The number of likely N-dealkylation sites (N-methyl/N-ethyl adjacent to an activating group) is 1. The van der Waals surface area contributed by atoms with E-state index in [1.165, 1.54) is 24.2 Å². The summed E-state index contributed by atoms with van der Waals surface area (Å²) in [4.78, 5) is 15.1. The molecule has 0 radical (unpaired) electrons. The third kappa shape index (κ3) is 7.23. The molecule has 212 valence electrons. The number of nitrogens with zero attached hydrogens (tertiary/aromatic N) is 1. The molecule has 1 aliphatic carbocycles. The first kappa shape index (κ1) is 28.2. The molecule has 40 heavy (non-hydrogen) atoms. The average Bonchev–Trinajstić information content (AvgIpc) is 3.40. The van der Waals surface area contributed by atoms with Crippen molar-refractivity contribution in [1.82, 2.24) is 15.5 Å². The van der Waals surface area contributed by atoms with E-state index in [0.717, 1.165) is 36.2 Å². The Morgan fingerprint density at radius 1 is 0.900 bits per heavy atom. The maximum Gasteiger partial charge on any atom is 0.261 e. The summed E-state index contributed by atoms with van der Waals surface area (Å²) in [7, 11) is 1.64. The first-order valence-corrected chi connectivity index (χ1v) is 14.5. The minimum atomic E-state index is -0.608. The largest absolute Gasteiger partial charge is 0.492 e. The van der Waals surface area contributed by atoms with Gasteiger partial charge >= 0.3 is 0 Å². The molecular formula is C34H43N3O3. The first-order valence-electron chi connectivity index (χ1n) is 14.5. The third-order valence-corrected chi connectivity index (χ3v) is 8.15. The quantitative estimate of drug-likeness (QED) is 0.322. The van der Waals surface area contributed by atoms with Gasteiger partial charge in [0.1, 0.15) is 18.1 Å². The van der Waals surface area contributed by atoms with E-state index in [4.69, 9.17) is 9.47 Å². The van der Waals surface area contributed by atoms with E-state index < -0.39 is 6.10 Å². The van der Waals surface area contributed by atoms with Crippen LogP contribution < -0.4 is 20.1 Å². The number of rotatable bonds is 12. The van der Waals surface area contributed by atoms with Crippen molar-refractivity contribution in [3.05, 3.63) is 95.6 Å². The molecule has 2 aliphatic rings. The number of hydrogen-bond donors (Lipinski definition) is 2. The number of fused-ring (bicyclic) bond motifs is 1. The maximum atomic E-state index is 12.6. The number of benzene rings is 3. The fourth-order valence-electron chi connectivity index (χ4n) is 5.76. The molecule has 0 spiro atoms. The van der Waals surface area contributed by atoms with Crippen LogP contribution in [0.1, 0.15) is 37.5 Å². The Morgan fingerprint density at radius 3 is 2.17 bits per heavy atom. The monoisotopic (exact) mass is 541 g/mol. The first-order chi connectivity index (χ1) is 19.3. The van der Waals surface area contributed by atoms with Crippen LogP contribution in [0.2, 0.25) is 0 Å². The summed E-state index contributed by atoms with van der Waals surface area (Å²) in [6.45, 7) is 11.4. The third-order valence-electron chi connectivity index (χ3n) is 8.15. The number of carbonyl (C=O) groups is 1. The number of nitrogens with one attached hydrogen (secondary N) is 2. The Hall–Kier alpha value is -3.35. The highest BCUT2D eigenvalue weighted by atomic mass is 16.5. The zero-order chi connectivity index (χ0) is 28.1. The van der Waals surface area contributed by atoms with Gasteiger partial charge in [0, 0.05) is 45.7 Å². The van der Waals surface area contributed by atoms with Crippen molar-refractivity contribution in [2.75, 3.05) is 33.3 Å². The standard InChI is InChI=1S/C34H43N3O3/c1-34(2,3)26-12-16-28(17-13-26)40-31(33(38)35-4)20-24-10-14-27(15-11-24)39-19-18-36-32-29-22-37(23-30(29)32)21-25-8-6-5-7-9-25/h5-17,29-32,36H,18-23H2,1-4H3,(H,35,38)/t29-,30?,31-,32+/m0/s1. The Balaban J connectivity index is 1.03. The molecular weight excluding hydrogens is 498 g/mol. The molecule has 3 aromatic carbocycles. The van der Waals surface area contributed by atoms with Crippen LogP contribution in [0.3, 0.4) is 0 Å². The smallest absolute Gasteiger partial charge is 0.261 e. The number of likely N-dealkylation sites (tertiary alicyclic amines) is 1. The number of piperidine rings is 1. The van der Waals surface area contributed by atoms with E-state index in [1.807, 2.05) is 36.4 Å². The molecule has 3 aromatic rings. The predicted octanol–water partition coefficient (Wildman–Crippen LogP) is 4.82. The number of amides is 1. The van der Waals surface area contributed by atoms with E-state index in [0.29, 0.717) is 24.8 Å². The van der Waals surface area contributed by atoms with Crippen LogP contribution in [0.25, 0.3) is 0 Å². The van der Waals surface area contributed by atoms with Gasteiger partial charge in [-0.2, -0.15) is 0 Å². The van der Waals surface area contributed by atoms with E-state index in [2.05, 4.69) is 78.8 Å². The van der Waals surface area contributed by atoms with E-state index >= 15 is 0 Å². The zero-order valence-electron chi connectivity index (χ0n) is 24.2. The lowest BCUT2D eigenvalue weighted by Crippen LogP contribution is -2.38. The molecule has 2 fully saturated rings. The van der Waals surface area contributed by atoms with Crippen LogP contribution in [-0.4, -0.2) is 56.2 Å². The second-order valence-electron chi connectivity index (χ2n) is 12.2. The van der Waals surface area contributed by atoms with Gasteiger partial charge in [-0.25, -0.2) is 0 Å². The van der Waals surface area contributed by atoms with Gasteiger partial charge in [0.2, 0.25) is 0 Å². The molecule has 1 unspecified atom stereocenters. The average molecular weight is 542 g/mol. The minimum Gasteiger partial charge on any atom is -0.492 e. The molecule has 1 heterocycles. The van der Waals surface area contributed by atoms with Crippen LogP contribution in [0, 0.1) is 11.8 Å². The van der Waals surface area contributed by atoms with Crippen molar-refractivity contribution in [2.24, 2.45) is 11.8 Å². The Kier molecular flexibility index (Phi) is 8.77. The van der Waals surface area contributed by atoms with Crippen LogP contribution in [0.4, 0.5) is 0 Å². The van der Waals surface area contributed by atoms with Gasteiger partial charge in [0.15, 0.2) is 6.10 Å². The van der Waals surface area contributed by atoms with E-state index in [-0.39, 0.29) is 11.3 Å². The summed E-state index contributed by atoms with van der Waals surface area (Å²) in [6, 6.07) is 27.3. The summed E-state index contributed by atoms with van der Waals surface area (Å²) in [6.07, 6.45) is -0.128. The van der Waals surface area contributed by atoms with Crippen molar-refractivity contribution >= 4 is 5.91 Å². The molecule has 1 saturated carbocycles. The second kappa shape index (κ2) is 12.4. The number of carbonyl (C=O) groups excluding carboxylic acids is 1. The van der Waals surface area contributed by atoms with Gasteiger partial charge in [0.25, 0.3) is 5.91 Å². The molecule has 4 atom stereocenters. The minimum absolute atomic E-state index is 0.0696. The van der Waals surface area contributed by atoms with Gasteiger partial charge in [-0.1, -0.05) is 75.4 Å². The molecule has 5 rings (SSSR count). The molecule has 0 bridgehead atoms. The van der Waals surface area contributed by atoms with E-state index in [9.17, 15) is 4.79 Å². The molecule has 2 N–H and O–H groups in total.